The average Bonchev–Trinajstić information content (AvgIpc) is 3.66. The first-order valence-electron chi connectivity index (χ1n) is 17.3. The maximum Gasteiger partial charge on any atom is 0.159 e. The van der Waals surface area contributed by atoms with Gasteiger partial charge in [-0.25, -0.2) is 8.78 Å². The molecule has 0 saturated carbocycles. The summed E-state index contributed by atoms with van der Waals surface area (Å²) in [5, 5.41) is 32.6. The molecule has 0 atom stereocenters. The van der Waals surface area contributed by atoms with Crippen LogP contribution in [0, 0.1) is 25.5 Å². The van der Waals surface area contributed by atoms with Crippen molar-refractivity contribution >= 4 is 11.6 Å². The number of aliphatic hydroxyl groups is 3. The highest BCUT2D eigenvalue weighted by Crippen LogP contribution is 2.36. The zero-order chi connectivity index (χ0) is 36.4. The van der Waals surface area contributed by atoms with Crippen LogP contribution in [-0.4, -0.2) is 71.8 Å². The largest absolute Gasteiger partial charge is 0.493 e. The minimum absolute atomic E-state index is 0.0521. The molecule has 11 heteroatoms. The molecular weight excluding hydrogens is 678 g/mol. The van der Waals surface area contributed by atoms with Crippen molar-refractivity contribution in [2.45, 2.75) is 58.4 Å². The zero-order valence-corrected chi connectivity index (χ0v) is 29.9. The van der Waals surface area contributed by atoms with Crippen LogP contribution in [-0.2, 0) is 19.8 Å². The Bertz CT molecular complexity index is 1760. The molecule has 4 aromatic rings. The van der Waals surface area contributed by atoms with Gasteiger partial charge in [-0.2, -0.15) is 0 Å². The van der Waals surface area contributed by atoms with E-state index in [1.165, 1.54) is 32.0 Å². The van der Waals surface area contributed by atoms with Crippen LogP contribution in [0.25, 0.3) is 11.1 Å². The molecule has 0 aromatic heterocycles. The second-order valence-electron chi connectivity index (χ2n) is 13.1. The van der Waals surface area contributed by atoms with Crippen molar-refractivity contribution in [1.82, 2.24) is 10.2 Å². The molecule has 5 rings (SSSR count). The van der Waals surface area contributed by atoms with Gasteiger partial charge >= 0.3 is 0 Å². The number of ether oxygens (including phenoxy) is 3. The molecule has 0 unspecified atom stereocenters. The van der Waals surface area contributed by atoms with Crippen molar-refractivity contribution in [3.05, 3.63) is 111 Å². The highest BCUT2D eigenvalue weighted by atomic mass is 35.5. The van der Waals surface area contributed by atoms with E-state index in [1.54, 1.807) is 12.1 Å². The van der Waals surface area contributed by atoms with Gasteiger partial charge in [0.05, 0.1) is 37.0 Å². The van der Waals surface area contributed by atoms with Crippen molar-refractivity contribution in [1.29, 1.82) is 0 Å². The Labute approximate surface area is 303 Å². The molecule has 1 aliphatic heterocycles. The minimum atomic E-state index is -1.35. The van der Waals surface area contributed by atoms with Crippen LogP contribution in [0.2, 0.25) is 5.02 Å². The van der Waals surface area contributed by atoms with E-state index in [4.69, 9.17) is 25.8 Å². The number of benzene rings is 4. The maximum absolute atomic E-state index is 13.9. The molecule has 1 heterocycles. The lowest BCUT2D eigenvalue weighted by molar-refractivity contribution is 0.0412. The fourth-order valence-corrected chi connectivity index (χ4v) is 6.42. The fourth-order valence-electron chi connectivity index (χ4n) is 6.18. The molecule has 1 aliphatic rings. The zero-order valence-electron chi connectivity index (χ0n) is 29.2. The quantitative estimate of drug-likeness (QED) is 0.0839. The van der Waals surface area contributed by atoms with Gasteiger partial charge in [0, 0.05) is 24.7 Å². The molecule has 51 heavy (non-hydrogen) atoms. The van der Waals surface area contributed by atoms with E-state index in [0.717, 1.165) is 58.7 Å². The highest BCUT2D eigenvalue weighted by Gasteiger charge is 2.28. The van der Waals surface area contributed by atoms with Gasteiger partial charge in [-0.1, -0.05) is 48.0 Å². The van der Waals surface area contributed by atoms with Crippen LogP contribution in [0.3, 0.4) is 0 Å². The number of hydrogen-bond acceptors (Lipinski definition) is 8. The third-order valence-electron chi connectivity index (χ3n) is 9.53. The van der Waals surface area contributed by atoms with Crippen LogP contribution in [0.5, 0.6) is 17.2 Å². The smallest absolute Gasteiger partial charge is 0.159 e. The van der Waals surface area contributed by atoms with E-state index in [-0.39, 0.29) is 24.8 Å². The molecule has 4 aromatic carbocycles. The second kappa shape index (κ2) is 18.1. The Morgan fingerprint density at radius 2 is 1.43 bits per heavy atom. The van der Waals surface area contributed by atoms with Crippen LogP contribution >= 0.6 is 11.6 Å². The lowest BCUT2D eigenvalue weighted by Gasteiger charge is -2.29. The SMILES string of the molecule is Cc1c(COc2cc(OCc3ccc(F)c(F)c3)c(CNC(CO)(CO)CO)cc2Cl)cccc1-c1cccc(OCCCN2CCCC2)c1C. The van der Waals surface area contributed by atoms with E-state index in [2.05, 4.69) is 36.2 Å². The second-order valence-corrected chi connectivity index (χ2v) is 13.5. The highest BCUT2D eigenvalue weighted by molar-refractivity contribution is 6.32. The van der Waals surface area contributed by atoms with Gasteiger partial charge in [-0.3, -0.25) is 0 Å². The van der Waals surface area contributed by atoms with Crippen molar-refractivity contribution in [2.24, 2.45) is 0 Å². The van der Waals surface area contributed by atoms with Crippen LogP contribution < -0.4 is 19.5 Å². The number of nitrogens with one attached hydrogen (secondary N) is 1. The Morgan fingerprint density at radius 1 is 0.745 bits per heavy atom. The molecule has 0 spiro atoms. The Hall–Kier alpha value is -3.77. The molecule has 0 amide bonds. The van der Waals surface area contributed by atoms with Crippen LogP contribution in [0.15, 0.2) is 66.7 Å². The van der Waals surface area contributed by atoms with Gasteiger partial charge < -0.3 is 39.7 Å². The molecule has 274 valence electrons. The van der Waals surface area contributed by atoms with Gasteiger partial charge in [-0.15, -0.1) is 0 Å². The first-order valence-corrected chi connectivity index (χ1v) is 17.7. The summed E-state index contributed by atoms with van der Waals surface area (Å²) in [6.07, 6.45) is 3.55. The normalized spacial score (nSPS) is 13.5. The minimum Gasteiger partial charge on any atom is -0.493 e. The molecule has 8 nitrogen and oxygen atoms in total. The molecule has 1 fully saturated rings. The van der Waals surface area contributed by atoms with Crippen molar-refractivity contribution in [3.8, 4) is 28.4 Å². The van der Waals surface area contributed by atoms with E-state index in [0.29, 0.717) is 29.2 Å². The number of aliphatic hydroxyl groups excluding tert-OH is 3. The van der Waals surface area contributed by atoms with Crippen LogP contribution in [0.1, 0.15) is 47.1 Å². The maximum atomic E-state index is 13.9. The first-order chi connectivity index (χ1) is 24.7. The predicted octanol–water partition coefficient (Wildman–Crippen LogP) is 6.73. The molecule has 0 bridgehead atoms. The number of nitrogens with zero attached hydrogens (tertiary/aromatic N) is 1. The van der Waals surface area contributed by atoms with Crippen molar-refractivity contribution < 1.29 is 38.3 Å². The van der Waals surface area contributed by atoms with Crippen molar-refractivity contribution in [3.63, 3.8) is 0 Å². The Kier molecular flexibility index (Phi) is 13.7. The number of halogens is 3. The number of likely N-dealkylation sites (tertiary alicyclic amines) is 1. The standard InChI is InChI=1S/C40H47ClF2N2O6/c1-27-30(8-5-9-32(27)33-10-6-11-37(28(33)2)49-17-7-16-45-14-3-4-15-45)23-51-39-20-38(50-22-29-12-13-35(42)36(43)18-29)31(19-34(39)41)21-44-40(24-46,25-47)26-48/h5-6,8-13,18-20,44,46-48H,3-4,7,14-17,21-26H2,1-2H3. The van der Waals surface area contributed by atoms with Gasteiger partial charge in [-0.05, 0) is 104 Å². The molecule has 0 radical (unpaired) electrons. The molecule has 0 aliphatic carbocycles. The van der Waals surface area contributed by atoms with Crippen molar-refractivity contribution in [2.75, 3.05) is 46.1 Å². The summed E-state index contributed by atoms with van der Waals surface area (Å²) >= 11 is 6.70. The summed E-state index contributed by atoms with van der Waals surface area (Å²) in [6, 6.07) is 19.0. The molecule has 1 saturated heterocycles. The lowest BCUT2D eigenvalue weighted by atomic mass is 9.93. The summed E-state index contributed by atoms with van der Waals surface area (Å²) in [7, 11) is 0. The van der Waals surface area contributed by atoms with Gasteiger partial charge in [0.2, 0.25) is 0 Å². The molecular formula is C40H47ClF2N2O6. The summed E-state index contributed by atoms with van der Waals surface area (Å²) in [4.78, 5) is 2.49. The predicted molar refractivity (Wildman–Crippen MR) is 194 cm³/mol. The number of rotatable bonds is 18. The van der Waals surface area contributed by atoms with Gasteiger partial charge in [0.25, 0.3) is 0 Å². The lowest BCUT2D eigenvalue weighted by Crippen LogP contribution is -2.54. The number of hydrogen-bond donors (Lipinski definition) is 4. The van der Waals surface area contributed by atoms with Gasteiger partial charge in [0.15, 0.2) is 11.6 Å². The Balaban J connectivity index is 1.33. The Morgan fingerprint density at radius 3 is 2.14 bits per heavy atom. The summed E-state index contributed by atoms with van der Waals surface area (Å²) in [5.41, 5.74) is 4.81. The van der Waals surface area contributed by atoms with Gasteiger partial charge in [0.1, 0.15) is 30.5 Å². The molecule has 4 N–H and O–H groups in total. The summed E-state index contributed by atoms with van der Waals surface area (Å²) in [5.74, 6) is -0.410. The monoisotopic (exact) mass is 724 g/mol. The first kappa shape index (κ1) is 38.5. The topological polar surface area (TPSA) is 104 Å². The van der Waals surface area contributed by atoms with Crippen LogP contribution in [0.4, 0.5) is 8.78 Å². The third-order valence-corrected chi connectivity index (χ3v) is 9.83. The van der Waals surface area contributed by atoms with E-state index in [9.17, 15) is 24.1 Å². The van der Waals surface area contributed by atoms with E-state index in [1.807, 2.05) is 24.3 Å². The average molecular weight is 725 g/mol. The summed E-state index contributed by atoms with van der Waals surface area (Å²) < 4.78 is 46.0. The summed E-state index contributed by atoms with van der Waals surface area (Å²) in [6.45, 7) is 6.83. The van der Waals surface area contributed by atoms with E-state index < -0.39 is 37.0 Å². The third kappa shape index (κ3) is 9.77. The fraction of sp³-hybridized carbons (Fsp3) is 0.400. The van der Waals surface area contributed by atoms with E-state index >= 15 is 0 Å².